The van der Waals surface area contributed by atoms with Crippen LogP contribution in [0.4, 0.5) is 5.82 Å². The van der Waals surface area contributed by atoms with Gasteiger partial charge in [0, 0.05) is 50.1 Å². The van der Waals surface area contributed by atoms with Crippen molar-refractivity contribution in [2.24, 2.45) is 0 Å². The van der Waals surface area contributed by atoms with E-state index in [1.165, 1.54) is 5.56 Å². The van der Waals surface area contributed by atoms with Gasteiger partial charge in [0.15, 0.2) is 5.11 Å². The Labute approximate surface area is 152 Å². The van der Waals surface area contributed by atoms with Crippen LogP contribution in [0.25, 0.3) is 0 Å². The number of hydrogen-bond acceptors (Lipinski definition) is 4. The molecule has 1 saturated heterocycles. The van der Waals surface area contributed by atoms with Crippen LogP contribution < -0.4 is 10.2 Å². The quantitative estimate of drug-likeness (QED) is 0.843. The van der Waals surface area contributed by atoms with E-state index in [1.54, 1.807) is 18.6 Å². The maximum Gasteiger partial charge on any atom is 0.169 e. The maximum atomic E-state index is 5.90. The third kappa shape index (κ3) is 4.55. The summed E-state index contributed by atoms with van der Waals surface area (Å²) in [5, 5.41) is 4.94. The lowest BCUT2D eigenvalue weighted by molar-refractivity contribution is 0.379. The van der Waals surface area contributed by atoms with Crippen LogP contribution in [-0.4, -0.2) is 52.7 Å². The second-order valence-electron chi connectivity index (χ2n) is 5.65. The van der Waals surface area contributed by atoms with E-state index in [-0.39, 0.29) is 0 Å². The first kappa shape index (κ1) is 16.9. The van der Waals surface area contributed by atoms with Gasteiger partial charge in [0.25, 0.3) is 0 Å². The van der Waals surface area contributed by atoms with Crippen LogP contribution in [0.15, 0.2) is 42.9 Å². The smallest absolute Gasteiger partial charge is 0.169 e. The first-order chi connectivity index (χ1) is 11.7. The molecular formula is C17H20ClN5S. The predicted molar refractivity (Wildman–Crippen MR) is 102 cm³/mol. The van der Waals surface area contributed by atoms with Crippen LogP contribution in [-0.2, 0) is 6.42 Å². The third-order valence-electron chi connectivity index (χ3n) is 4.04. The highest BCUT2D eigenvalue weighted by Crippen LogP contribution is 2.12. The number of nitrogens with zero attached hydrogens (tertiary/aromatic N) is 4. The molecule has 126 valence electrons. The molecular weight excluding hydrogens is 342 g/mol. The Kier molecular flexibility index (Phi) is 5.82. The van der Waals surface area contributed by atoms with E-state index in [0.29, 0.717) is 0 Å². The van der Waals surface area contributed by atoms with E-state index in [1.807, 2.05) is 24.3 Å². The highest BCUT2D eigenvalue weighted by Gasteiger charge is 2.19. The van der Waals surface area contributed by atoms with E-state index in [0.717, 1.165) is 55.1 Å². The molecule has 0 radical (unpaired) electrons. The van der Waals surface area contributed by atoms with Gasteiger partial charge < -0.3 is 15.1 Å². The highest BCUT2D eigenvalue weighted by atomic mass is 35.5. The minimum absolute atomic E-state index is 0.767. The van der Waals surface area contributed by atoms with Crippen LogP contribution >= 0.6 is 23.8 Å². The van der Waals surface area contributed by atoms with E-state index in [4.69, 9.17) is 23.8 Å². The number of nitrogens with one attached hydrogen (secondary N) is 1. The van der Waals surface area contributed by atoms with Crippen molar-refractivity contribution in [1.29, 1.82) is 0 Å². The van der Waals surface area contributed by atoms with Crippen LogP contribution in [0, 0.1) is 0 Å². The molecule has 7 heteroatoms. The molecule has 1 aromatic carbocycles. The average molecular weight is 362 g/mol. The van der Waals surface area contributed by atoms with Gasteiger partial charge in [0.2, 0.25) is 0 Å². The van der Waals surface area contributed by atoms with Crippen molar-refractivity contribution >= 4 is 34.7 Å². The van der Waals surface area contributed by atoms with Crippen LogP contribution in [0.2, 0.25) is 5.02 Å². The van der Waals surface area contributed by atoms with Crippen molar-refractivity contribution in [3.63, 3.8) is 0 Å². The van der Waals surface area contributed by atoms with Crippen LogP contribution in [0.5, 0.6) is 0 Å². The summed E-state index contributed by atoms with van der Waals surface area (Å²) in [5.74, 6) is 0.929. The summed E-state index contributed by atoms with van der Waals surface area (Å²) in [7, 11) is 0. The Hall–Kier alpha value is -1.92. The summed E-state index contributed by atoms with van der Waals surface area (Å²) in [6.45, 7) is 4.41. The Morgan fingerprint density at radius 3 is 2.54 bits per heavy atom. The molecule has 2 aromatic rings. The Morgan fingerprint density at radius 1 is 1.12 bits per heavy atom. The SMILES string of the molecule is S=C(NCCc1ccc(Cl)cc1)N1CCN(c2cnccn2)CC1. The summed E-state index contributed by atoms with van der Waals surface area (Å²) < 4.78 is 0. The fourth-order valence-corrected chi connectivity index (χ4v) is 3.08. The van der Waals surface area contributed by atoms with Crippen molar-refractivity contribution in [1.82, 2.24) is 20.2 Å². The van der Waals surface area contributed by atoms with Crippen molar-refractivity contribution in [2.75, 3.05) is 37.6 Å². The number of halogens is 1. The fraction of sp³-hybridized carbons (Fsp3) is 0.353. The number of thiocarbonyl (C=S) groups is 1. The molecule has 1 aliphatic rings. The molecule has 0 amide bonds. The van der Waals surface area contributed by atoms with Gasteiger partial charge in [-0.2, -0.15) is 0 Å². The topological polar surface area (TPSA) is 44.3 Å². The first-order valence-electron chi connectivity index (χ1n) is 8.00. The van der Waals surface area contributed by atoms with Gasteiger partial charge in [-0.15, -0.1) is 0 Å². The normalized spacial score (nSPS) is 14.5. The van der Waals surface area contributed by atoms with Crippen molar-refractivity contribution in [3.05, 3.63) is 53.4 Å². The van der Waals surface area contributed by atoms with E-state index in [2.05, 4.69) is 25.1 Å². The second-order valence-corrected chi connectivity index (χ2v) is 6.47. The largest absolute Gasteiger partial charge is 0.362 e. The number of hydrogen-bond donors (Lipinski definition) is 1. The number of aromatic nitrogens is 2. The summed E-state index contributed by atoms with van der Waals surface area (Å²) in [6.07, 6.45) is 6.15. The minimum Gasteiger partial charge on any atom is -0.362 e. The second kappa shape index (κ2) is 8.26. The van der Waals surface area contributed by atoms with Crippen molar-refractivity contribution in [3.8, 4) is 0 Å². The molecule has 5 nitrogen and oxygen atoms in total. The minimum atomic E-state index is 0.767. The fourth-order valence-electron chi connectivity index (χ4n) is 2.67. The Bertz CT molecular complexity index is 656. The standard InChI is InChI=1S/C17H20ClN5S/c18-15-3-1-14(2-4-15)5-6-21-17(24)23-11-9-22(10-12-23)16-13-19-7-8-20-16/h1-4,7-8,13H,5-6,9-12H2,(H,21,24). The van der Waals surface area contributed by atoms with Gasteiger partial charge in [0.1, 0.15) is 5.82 Å². The van der Waals surface area contributed by atoms with Gasteiger partial charge in [-0.1, -0.05) is 23.7 Å². The Balaban J connectivity index is 1.41. The van der Waals surface area contributed by atoms with Crippen molar-refractivity contribution < 1.29 is 0 Å². The molecule has 0 atom stereocenters. The van der Waals surface area contributed by atoms with Crippen molar-refractivity contribution in [2.45, 2.75) is 6.42 Å². The third-order valence-corrected chi connectivity index (χ3v) is 4.70. The molecule has 3 rings (SSSR count). The summed E-state index contributed by atoms with van der Waals surface area (Å²) in [5.41, 5.74) is 1.25. The molecule has 0 unspecified atom stereocenters. The lowest BCUT2D eigenvalue weighted by atomic mass is 10.1. The zero-order valence-corrected chi connectivity index (χ0v) is 14.9. The van der Waals surface area contributed by atoms with Gasteiger partial charge in [-0.3, -0.25) is 4.98 Å². The summed E-state index contributed by atoms with van der Waals surface area (Å²) in [4.78, 5) is 12.9. The molecule has 0 saturated carbocycles. The zero-order chi connectivity index (χ0) is 16.8. The van der Waals surface area contributed by atoms with Crippen LogP contribution in [0.3, 0.4) is 0 Å². The lowest BCUT2D eigenvalue weighted by Gasteiger charge is -2.36. The molecule has 1 N–H and O–H groups in total. The number of rotatable bonds is 4. The molecule has 1 aromatic heterocycles. The zero-order valence-electron chi connectivity index (χ0n) is 13.4. The highest BCUT2D eigenvalue weighted by molar-refractivity contribution is 7.80. The predicted octanol–water partition coefficient (Wildman–Crippen LogP) is 2.37. The van der Waals surface area contributed by atoms with E-state index < -0.39 is 0 Å². The molecule has 0 bridgehead atoms. The molecule has 2 heterocycles. The molecule has 0 spiro atoms. The molecule has 24 heavy (non-hydrogen) atoms. The van der Waals surface area contributed by atoms with Gasteiger partial charge in [-0.05, 0) is 36.3 Å². The average Bonchev–Trinajstić information content (AvgIpc) is 2.64. The van der Waals surface area contributed by atoms with Gasteiger partial charge in [0.05, 0.1) is 6.20 Å². The van der Waals surface area contributed by atoms with Crippen LogP contribution in [0.1, 0.15) is 5.56 Å². The molecule has 1 aliphatic heterocycles. The Morgan fingerprint density at radius 2 is 1.88 bits per heavy atom. The first-order valence-corrected chi connectivity index (χ1v) is 8.79. The van der Waals surface area contributed by atoms with E-state index in [9.17, 15) is 0 Å². The molecule has 0 aliphatic carbocycles. The number of benzene rings is 1. The summed E-state index contributed by atoms with van der Waals surface area (Å²) in [6, 6.07) is 7.93. The van der Waals surface area contributed by atoms with Gasteiger partial charge in [-0.25, -0.2) is 4.98 Å². The summed E-state index contributed by atoms with van der Waals surface area (Å²) >= 11 is 11.4. The van der Waals surface area contributed by atoms with E-state index >= 15 is 0 Å². The molecule has 1 fully saturated rings. The maximum absolute atomic E-state index is 5.90. The number of piperazine rings is 1. The monoisotopic (exact) mass is 361 g/mol. The lowest BCUT2D eigenvalue weighted by Crippen LogP contribution is -2.52. The van der Waals surface area contributed by atoms with Gasteiger partial charge >= 0.3 is 0 Å². The number of anilines is 1.